The van der Waals surface area contributed by atoms with Crippen molar-refractivity contribution in [3.63, 3.8) is 0 Å². The first-order valence-electron chi connectivity index (χ1n) is 9.26. The molecule has 2 heterocycles. The number of hydrogen-bond acceptors (Lipinski definition) is 1. The summed E-state index contributed by atoms with van der Waals surface area (Å²) < 4.78 is 33.1. The zero-order chi connectivity index (χ0) is 19.8. The monoisotopic (exact) mass is 358 g/mol. The molecule has 0 aliphatic rings. The molecule has 0 amide bonds. The third-order valence-corrected chi connectivity index (χ3v) is 4.10. The van der Waals surface area contributed by atoms with Gasteiger partial charge in [-0.2, -0.15) is 0 Å². The Kier molecular flexibility index (Phi) is 6.39. The Labute approximate surface area is 153 Å². The predicted octanol–water partition coefficient (Wildman–Crippen LogP) is 5.66. The van der Waals surface area contributed by atoms with Gasteiger partial charge in [-0.25, -0.2) is 8.78 Å². The van der Waals surface area contributed by atoms with Gasteiger partial charge in [0.25, 0.3) is 0 Å². The number of hydrogen-bond donors (Lipinski definition) is 3. The van der Waals surface area contributed by atoms with Crippen molar-refractivity contribution in [1.29, 1.82) is 0 Å². The van der Waals surface area contributed by atoms with Gasteiger partial charge in [-0.3, -0.25) is 0 Å². The summed E-state index contributed by atoms with van der Waals surface area (Å²) in [6.07, 6.45) is 4.22. The second-order valence-electron chi connectivity index (χ2n) is 5.51. The summed E-state index contributed by atoms with van der Waals surface area (Å²) in [7, 11) is 0. The maximum atomic E-state index is 13.5. The lowest BCUT2D eigenvalue weighted by Crippen LogP contribution is -1.99. The zero-order valence-electron chi connectivity index (χ0n) is 16.1. The summed E-state index contributed by atoms with van der Waals surface area (Å²) in [5.74, 6) is -0.299. The second-order valence-corrected chi connectivity index (χ2v) is 5.51. The molecule has 0 atom stereocenters. The van der Waals surface area contributed by atoms with Crippen molar-refractivity contribution in [2.45, 2.75) is 33.7 Å². The minimum Gasteiger partial charge on any atom is -0.361 e. The van der Waals surface area contributed by atoms with Crippen molar-refractivity contribution in [2.75, 3.05) is 0 Å². The molecule has 0 saturated heterocycles. The van der Waals surface area contributed by atoms with E-state index in [1.54, 1.807) is 37.5 Å². The predicted molar refractivity (Wildman–Crippen MR) is 105 cm³/mol. The summed E-state index contributed by atoms with van der Waals surface area (Å²) in [6, 6.07) is 10.8. The Hall–Kier alpha value is -2.66. The summed E-state index contributed by atoms with van der Waals surface area (Å²) in [6.45, 7) is 4.49. The molecule has 4 aromatic rings. The number of nitrogens with one attached hydrogen (secondary N) is 2. The molecule has 0 bridgehead atoms. The molecular weight excluding hydrogens is 332 g/mol. The molecule has 0 unspecified atom stereocenters. The number of aryl methyl sites for hydroxylation is 1. The van der Waals surface area contributed by atoms with Gasteiger partial charge in [-0.05, 0) is 36.2 Å². The van der Waals surface area contributed by atoms with Crippen LogP contribution in [0.4, 0.5) is 8.78 Å². The second kappa shape index (κ2) is 9.15. The molecule has 3 nitrogen and oxygen atoms in total. The van der Waals surface area contributed by atoms with Crippen LogP contribution in [0.2, 0.25) is 0 Å². The average Bonchev–Trinajstić information content (AvgIpc) is 3.33. The third-order valence-electron chi connectivity index (χ3n) is 4.10. The minimum absolute atomic E-state index is 0.0868. The van der Waals surface area contributed by atoms with E-state index in [1.807, 2.05) is 25.1 Å². The molecule has 2 aromatic carbocycles. The first-order valence-corrected chi connectivity index (χ1v) is 8.55. The topological polar surface area (TPSA) is 57.6 Å². The van der Waals surface area contributed by atoms with E-state index in [4.69, 9.17) is 7.10 Å². The van der Waals surface area contributed by atoms with E-state index in [9.17, 15) is 8.78 Å². The van der Waals surface area contributed by atoms with Crippen LogP contribution in [-0.2, 0) is 13.0 Å². The SMILES string of the molecule is CCc1ccc2[nH]ccc2c1F.NCc1ccc2[nH]ccc2c1F.[2H]CC. The van der Waals surface area contributed by atoms with Gasteiger partial charge in [-0.15, -0.1) is 0 Å². The van der Waals surface area contributed by atoms with Crippen LogP contribution in [-0.4, -0.2) is 9.97 Å². The lowest BCUT2D eigenvalue weighted by Gasteiger charge is -1.99. The molecular formula is C21H25F2N3. The van der Waals surface area contributed by atoms with Crippen LogP contribution >= 0.6 is 0 Å². The van der Waals surface area contributed by atoms with E-state index in [1.165, 1.54) is 0 Å². The van der Waals surface area contributed by atoms with Gasteiger partial charge >= 0.3 is 0 Å². The number of halogens is 2. The summed E-state index contributed by atoms with van der Waals surface area (Å²) in [5.41, 5.74) is 8.37. The number of benzene rings is 2. The molecule has 0 radical (unpaired) electrons. The van der Waals surface area contributed by atoms with Gasteiger partial charge in [-0.1, -0.05) is 32.9 Å². The first-order chi connectivity index (χ1) is 13.1. The van der Waals surface area contributed by atoms with Gasteiger partial charge in [0, 0.05) is 47.7 Å². The van der Waals surface area contributed by atoms with Crippen molar-refractivity contribution in [3.05, 3.63) is 71.6 Å². The van der Waals surface area contributed by atoms with Gasteiger partial charge in [0.2, 0.25) is 0 Å². The zero-order valence-corrected chi connectivity index (χ0v) is 15.1. The lowest BCUT2D eigenvalue weighted by atomic mass is 10.1. The number of fused-ring (bicyclic) bond motifs is 2. The Morgan fingerprint density at radius 2 is 1.35 bits per heavy atom. The van der Waals surface area contributed by atoms with E-state index in [-0.39, 0.29) is 18.2 Å². The molecule has 0 fully saturated rings. The fourth-order valence-corrected chi connectivity index (χ4v) is 2.71. The fraction of sp³-hybridized carbons (Fsp3) is 0.238. The molecule has 26 heavy (non-hydrogen) atoms. The highest BCUT2D eigenvalue weighted by Gasteiger charge is 2.06. The Bertz CT molecular complexity index is 912. The number of aromatic nitrogens is 2. The summed E-state index contributed by atoms with van der Waals surface area (Å²) in [4.78, 5) is 5.90. The van der Waals surface area contributed by atoms with Gasteiger partial charge in [0.1, 0.15) is 11.6 Å². The van der Waals surface area contributed by atoms with Crippen molar-refractivity contribution >= 4 is 21.8 Å². The lowest BCUT2D eigenvalue weighted by molar-refractivity contribution is 0.623. The third kappa shape index (κ3) is 3.94. The normalized spacial score (nSPS) is 10.7. The smallest absolute Gasteiger partial charge is 0.137 e. The van der Waals surface area contributed by atoms with E-state index in [0.717, 1.165) is 23.0 Å². The minimum atomic E-state index is -0.212. The van der Waals surface area contributed by atoms with Crippen LogP contribution in [0.15, 0.2) is 48.8 Å². The van der Waals surface area contributed by atoms with Crippen molar-refractivity contribution in [2.24, 2.45) is 5.73 Å². The molecule has 0 aliphatic heterocycles. The molecule has 138 valence electrons. The molecule has 0 saturated carbocycles. The van der Waals surface area contributed by atoms with Crippen LogP contribution < -0.4 is 5.73 Å². The van der Waals surface area contributed by atoms with Gasteiger partial charge < -0.3 is 15.7 Å². The van der Waals surface area contributed by atoms with Crippen LogP contribution in [0.5, 0.6) is 0 Å². The molecule has 5 heteroatoms. The van der Waals surface area contributed by atoms with Crippen LogP contribution in [0.3, 0.4) is 0 Å². The van der Waals surface area contributed by atoms with Crippen molar-refractivity contribution < 1.29 is 10.2 Å². The standard InChI is InChI=1S/C10H10FN.C9H9FN2.C2H6/c1-2-7-3-4-9-8(10(7)11)5-6-12-9;10-9-6(5-11)1-2-8-7(9)3-4-12-8;1-2/h3-6,12H,2H2,1H3;1-4,12H,5,11H2;1-2H3/i;;1D. The fourth-order valence-electron chi connectivity index (χ4n) is 2.71. The molecule has 4 N–H and O–H groups in total. The Morgan fingerprint density at radius 3 is 1.81 bits per heavy atom. The van der Waals surface area contributed by atoms with Crippen LogP contribution in [0.1, 0.15) is 33.2 Å². The van der Waals surface area contributed by atoms with Crippen molar-refractivity contribution in [1.82, 2.24) is 9.97 Å². The first kappa shape index (κ1) is 18.1. The largest absolute Gasteiger partial charge is 0.361 e. The highest BCUT2D eigenvalue weighted by atomic mass is 19.1. The molecule has 0 aliphatic carbocycles. The van der Waals surface area contributed by atoms with Crippen LogP contribution in [0, 0.1) is 11.6 Å². The van der Waals surface area contributed by atoms with E-state index in [2.05, 4.69) is 9.97 Å². The summed E-state index contributed by atoms with van der Waals surface area (Å²) in [5, 5.41) is 1.30. The summed E-state index contributed by atoms with van der Waals surface area (Å²) >= 11 is 0. The number of rotatable bonds is 2. The Morgan fingerprint density at radius 1 is 0.885 bits per heavy atom. The van der Waals surface area contributed by atoms with E-state index < -0.39 is 0 Å². The molecule has 4 rings (SSSR count). The van der Waals surface area contributed by atoms with E-state index in [0.29, 0.717) is 23.2 Å². The Balaban J connectivity index is 0.000000170. The molecule has 0 spiro atoms. The number of H-pyrrole nitrogens is 2. The number of aromatic amines is 2. The molecule has 2 aromatic heterocycles. The van der Waals surface area contributed by atoms with Gasteiger partial charge in [0.15, 0.2) is 0 Å². The quantitative estimate of drug-likeness (QED) is 0.425. The van der Waals surface area contributed by atoms with Gasteiger partial charge in [0.05, 0.1) is 0 Å². The highest BCUT2D eigenvalue weighted by Crippen LogP contribution is 2.20. The highest BCUT2D eigenvalue weighted by molar-refractivity contribution is 5.81. The van der Waals surface area contributed by atoms with E-state index >= 15 is 0 Å². The average molecular weight is 358 g/mol. The van der Waals surface area contributed by atoms with Crippen LogP contribution in [0.25, 0.3) is 21.8 Å². The van der Waals surface area contributed by atoms with Crippen molar-refractivity contribution in [3.8, 4) is 0 Å². The maximum Gasteiger partial charge on any atom is 0.137 e. The number of nitrogens with two attached hydrogens (primary N) is 1. The maximum absolute atomic E-state index is 13.5.